The first kappa shape index (κ1) is 17.6. The van der Waals surface area contributed by atoms with Crippen molar-refractivity contribution in [3.63, 3.8) is 0 Å². The Balaban J connectivity index is 2.28. The minimum atomic E-state index is -0.628. The van der Waals surface area contributed by atoms with Crippen LogP contribution in [0.4, 0.5) is 0 Å². The van der Waals surface area contributed by atoms with Crippen LogP contribution in [0.5, 0.6) is 11.5 Å². The fourth-order valence-corrected chi connectivity index (χ4v) is 3.30. The summed E-state index contributed by atoms with van der Waals surface area (Å²) in [5, 5.41) is 0. The van der Waals surface area contributed by atoms with Gasteiger partial charge in [0.1, 0.15) is 0 Å². The second-order valence-corrected chi connectivity index (χ2v) is 6.84. The number of amides is 1. The zero-order chi connectivity index (χ0) is 17.2. The third-order valence-electron chi connectivity index (χ3n) is 4.90. The molecule has 1 saturated heterocycles. The van der Waals surface area contributed by atoms with E-state index in [4.69, 9.17) is 15.2 Å². The van der Waals surface area contributed by atoms with Crippen molar-refractivity contribution in [2.45, 2.75) is 38.6 Å². The molecule has 0 aromatic heterocycles. The van der Waals surface area contributed by atoms with Gasteiger partial charge in [0.15, 0.2) is 11.5 Å². The molecule has 0 aliphatic carbocycles. The second kappa shape index (κ2) is 6.79. The van der Waals surface area contributed by atoms with Gasteiger partial charge in [-0.3, -0.25) is 4.79 Å². The van der Waals surface area contributed by atoms with Crippen LogP contribution < -0.4 is 15.2 Å². The van der Waals surface area contributed by atoms with Gasteiger partial charge in [-0.25, -0.2) is 0 Å². The topological polar surface area (TPSA) is 64.8 Å². The van der Waals surface area contributed by atoms with E-state index < -0.39 is 5.41 Å². The van der Waals surface area contributed by atoms with E-state index in [0.717, 1.165) is 18.5 Å². The summed E-state index contributed by atoms with van der Waals surface area (Å²) in [6, 6.07) is 5.90. The summed E-state index contributed by atoms with van der Waals surface area (Å²) < 4.78 is 10.6. The predicted molar refractivity (Wildman–Crippen MR) is 90.9 cm³/mol. The standard InChI is InChI=1S/C18H28N2O3/c1-12-8-13(10-19)11-20(12)17(21)18(2,3)14-6-7-15(22-4)16(9-14)23-5/h6-7,9,12-13H,8,10-11,19H2,1-5H3. The lowest BCUT2D eigenvalue weighted by molar-refractivity contribution is -0.136. The van der Waals surface area contributed by atoms with Crippen molar-refractivity contribution in [1.29, 1.82) is 0 Å². The Kier molecular flexibility index (Phi) is 5.19. The van der Waals surface area contributed by atoms with E-state index in [1.165, 1.54) is 0 Å². The lowest BCUT2D eigenvalue weighted by Crippen LogP contribution is -2.45. The first-order valence-electron chi connectivity index (χ1n) is 8.08. The van der Waals surface area contributed by atoms with Gasteiger partial charge in [-0.15, -0.1) is 0 Å². The monoisotopic (exact) mass is 320 g/mol. The van der Waals surface area contributed by atoms with E-state index in [0.29, 0.717) is 24.0 Å². The van der Waals surface area contributed by atoms with Gasteiger partial charge in [-0.2, -0.15) is 0 Å². The molecule has 1 fully saturated rings. The van der Waals surface area contributed by atoms with Crippen molar-refractivity contribution >= 4 is 5.91 Å². The van der Waals surface area contributed by atoms with Crippen LogP contribution in [-0.4, -0.2) is 44.2 Å². The minimum Gasteiger partial charge on any atom is -0.493 e. The minimum absolute atomic E-state index is 0.133. The molecule has 1 aliphatic heterocycles. The number of carbonyl (C=O) groups excluding carboxylic acids is 1. The number of hydrogen-bond donors (Lipinski definition) is 1. The maximum atomic E-state index is 13.1. The first-order chi connectivity index (χ1) is 10.8. The quantitative estimate of drug-likeness (QED) is 0.903. The highest BCUT2D eigenvalue weighted by atomic mass is 16.5. The molecule has 23 heavy (non-hydrogen) atoms. The molecular formula is C18H28N2O3. The normalized spacial score (nSPS) is 21.4. The molecule has 1 aromatic rings. The van der Waals surface area contributed by atoms with Crippen molar-refractivity contribution in [2.75, 3.05) is 27.3 Å². The zero-order valence-corrected chi connectivity index (χ0v) is 14.8. The Morgan fingerprint density at radius 1 is 1.30 bits per heavy atom. The van der Waals surface area contributed by atoms with Gasteiger partial charge in [0.25, 0.3) is 0 Å². The van der Waals surface area contributed by atoms with Crippen LogP contribution in [0.25, 0.3) is 0 Å². The van der Waals surface area contributed by atoms with E-state index in [9.17, 15) is 4.79 Å². The number of nitrogens with zero attached hydrogens (tertiary/aromatic N) is 1. The molecule has 128 valence electrons. The zero-order valence-electron chi connectivity index (χ0n) is 14.8. The van der Waals surface area contributed by atoms with Crippen molar-refractivity contribution in [3.05, 3.63) is 23.8 Å². The van der Waals surface area contributed by atoms with Gasteiger partial charge >= 0.3 is 0 Å². The van der Waals surface area contributed by atoms with Crippen LogP contribution in [0.2, 0.25) is 0 Å². The molecule has 5 heteroatoms. The van der Waals surface area contributed by atoms with E-state index in [1.54, 1.807) is 14.2 Å². The average molecular weight is 320 g/mol. The summed E-state index contributed by atoms with van der Waals surface area (Å²) in [4.78, 5) is 15.1. The Bertz CT molecular complexity index is 571. The molecule has 1 amide bonds. The molecular weight excluding hydrogens is 292 g/mol. The van der Waals surface area contributed by atoms with Crippen molar-refractivity contribution in [1.82, 2.24) is 4.90 Å². The highest BCUT2D eigenvalue weighted by Crippen LogP contribution is 2.36. The molecule has 2 unspecified atom stereocenters. The number of hydrogen-bond acceptors (Lipinski definition) is 4. The molecule has 1 aliphatic rings. The van der Waals surface area contributed by atoms with Gasteiger partial charge < -0.3 is 20.1 Å². The van der Waals surface area contributed by atoms with Gasteiger partial charge in [0.2, 0.25) is 5.91 Å². The Hall–Kier alpha value is -1.75. The van der Waals surface area contributed by atoms with Gasteiger partial charge in [-0.05, 0) is 57.4 Å². The maximum absolute atomic E-state index is 13.1. The fourth-order valence-electron chi connectivity index (χ4n) is 3.30. The highest BCUT2D eigenvalue weighted by molar-refractivity contribution is 5.88. The van der Waals surface area contributed by atoms with Crippen molar-refractivity contribution in [2.24, 2.45) is 11.7 Å². The lowest BCUT2D eigenvalue weighted by atomic mass is 9.82. The first-order valence-corrected chi connectivity index (χ1v) is 8.08. The number of ether oxygens (including phenoxy) is 2. The maximum Gasteiger partial charge on any atom is 0.232 e. The number of benzene rings is 1. The molecule has 5 nitrogen and oxygen atoms in total. The summed E-state index contributed by atoms with van der Waals surface area (Å²) in [6.07, 6.45) is 0.976. The molecule has 2 rings (SSSR count). The fraction of sp³-hybridized carbons (Fsp3) is 0.611. The van der Waals surface area contributed by atoms with Crippen LogP contribution in [-0.2, 0) is 10.2 Å². The second-order valence-electron chi connectivity index (χ2n) is 6.84. The van der Waals surface area contributed by atoms with Crippen LogP contribution in [0.1, 0.15) is 32.8 Å². The van der Waals surface area contributed by atoms with Gasteiger partial charge in [0.05, 0.1) is 19.6 Å². The van der Waals surface area contributed by atoms with Crippen LogP contribution >= 0.6 is 0 Å². The third-order valence-corrected chi connectivity index (χ3v) is 4.90. The Morgan fingerprint density at radius 2 is 1.96 bits per heavy atom. The Labute approximate surface area is 138 Å². The van der Waals surface area contributed by atoms with Crippen LogP contribution in [0, 0.1) is 5.92 Å². The predicted octanol–water partition coefficient (Wildman–Crippen LogP) is 2.18. The van der Waals surface area contributed by atoms with E-state index in [2.05, 4.69) is 6.92 Å². The summed E-state index contributed by atoms with van der Waals surface area (Å²) in [6.45, 7) is 7.38. The average Bonchev–Trinajstić information content (AvgIpc) is 2.94. The summed E-state index contributed by atoms with van der Waals surface area (Å²) in [5.74, 6) is 1.83. The van der Waals surface area contributed by atoms with Crippen molar-refractivity contribution < 1.29 is 14.3 Å². The van der Waals surface area contributed by atoms with E-state index in [-0.39, 0.29) is 11.9 Å². The molecule has 1 heterocycles. The highest BCUT2D eigenvalue weighted by Gasteiger charge is 2.40. The molecule has 0 radical (unpaired) electrons. The molecule has 2 N–H and O–H groups in total. The smallest absolute Gasteiger partial charge is 0.232 e. The lowest BCUT2D eigenvalue weighted by Gasteiger charge is -2.32. The molecule has 1 aromatic carbocycles. The van der Waals surface area contributed by atoms with Crippen LogP contribution in [0.15, 0.2) is 18.2 Å². The number of nitrogens with two attached hydrogens (primary N) is 1. The largest absolute Gasteiger partial charge is 0.493 e. The number of carbonyl (C=O) groups is 1. The summed E-state index contributed by atoms with van der Waals surface area (Å²) in [7, 11) is 3.21. The Morgan fingerprint density at radius 3 is 2.48 bits per heavy atom. The van der Waals surface area contributed by atoms with Gasteiger partial charge in [0, 0.05) is 12.6 Å². The number of rotatable bonds is 5. The molecule has 0 saturated carbocycles. The summed E-state index contributed by atoms with van der Waals surface area (Å²) in [5.41, 5.74) is 6.07. The molecule has 0 bridgehead atoms. The molecule has 2 atom stereocenters. The van der Waals surface area contributed by atoms with Gasteiger partial charge in [-0.1, -0.05) is 6.07 Å². The van der Waals surface area contributed by atoms with Crippen molar-refractivity contribution in [3.8, 4) is 11.5 Å². The SMILES string of the molecule is COc1ccc(C(C)(C)C(=O)N2CC(CN)CC2C)cc1OC. The van der Waals surface area contributed by atoms with E-state index in [1.807, 2.05) is 36.9 Å². The van der Waals surface area contributed by atoms with Crippen LogP contribution in [0.3, 0.4) is 0 Å². The number of methoxy groups -OCH3 is 2. The third kappa shape index (κ3) is 3.29. The summed E-state index contributed by atoms with van der Waals surface area (Å²) >= 11 is 0. The van der Waals surface area contributed by atoms with E-state index >= 15 is 0 Å². The number of likely N-dealkylation sites (tertiary alicyclic amines) is 1. The molecule has 0 spiro atoms.